The first-order valence-electron chi connectivity index (χ1n) is 10.4. The first-order valence-corrected chi connectivity index (χ1v) is 11.6. The Morgan fingerprint density at radius 2 is 1.97 bits per heavy atom. The van der Waals surface area contributed by atoms with E-state index >= 15 is 0 Å². The molecule has 0 bridgehead atoms. The number of thiazole rings is 1. The first kappa shape index (κ1) is 21.0. The van der Waals surface area contributed by atoms with Crippen molar-refractivity contribution in [2.24, 2.45) is 0 Å². The molecule has 4 aromatic rings. The van der Waals surface area contributed by atoms with Crippen LogP contribution in [0.3, 0.4) is 0 Å². The highest BCUT2D eigenvalue weighted by atomic mass is 35.5. The zero-order valence-electron chi connectivity index (χ0n) is 17.4. The Balaban J connectivity index is 1.45. The Morgan fingerprint density at radius 1 is 1.22 bits per heavy atom. The number of halogens is 1. The molecule has 3 aromatic heterocycles. The third-order valence-electron chi connectivity index (χ3n) is 5.69. The summed E-state index contributed by atoms with van der Waals surface area (Å²) < 4.78 is 6.78. The van der Waals surface area contributed by atoms with Gasteiger partial charge in [-0.3, -0.25) is 9.69 Å². The molecule has 0 aliphatic carbocycles. The van der Waals surface area contributed by atoms with Crippen LogP contribution in [-0.4, -0.2) is 61.6 Å². The van der Waals surface area contributed by atoms with Crippen molar-refractivity contribution in [2.45, 2.75) is 19.4 Å². The van der Waals surface area contributed by atoms with Crippen LogP contribution in [0.1, 0.15) is 39.8 Å². The van der Waals surface area contributed by atoms with E-state index in [1.54, 1.807) is 17.0 Å². The minimum atomic E-state index is -0.202. The third kappa shape index (κ3) is 3.76. The molecule has 5 rings (SSSR count). The molecule has 32 heavy (non-hydrogen) atoms. The van der Waals surface area contributed by atoms with Crippen molar-refractivity contribution in [2.75, 3.05) is 26.2 Å². The van der Waals surface area contributed by atoms with Gasteiger partial charge in [0.2, 0.25) is 10.8 Å². The minimum Gasteiger partial charge on any atom is -0.492 e. The molecule has 1 N–H and O–H groups in total. The number of furan rings is 1. The Hall–Kier alpha value is -2.88. The van der Waals surface area contributed by atoms with E-state index in [1.165, 1.54) is 22.1 Å². The summed E-state index contributed by atoms with van der Waals surface area (Å²) in [5.74, 6) is 1.05. The van der Waals surface area contributed by atoms with Crippen molar-refractivity contribution in [3.8, 4) is 5.88 Å². The van der Waals surface area contributed by atoms with Crippen LogP contribution in [0.4, 0.5) is 0 Å². The van der Waals surface area contributed by atoms with Crippen molar-refractivity contribution in [1.82, 2.24) is 24.4 Å². The molecule has 0 saturated carbocycles. The molecule has 166 valence electrons. The van der Waals surface area contributed by atoms with E-state index in [4.69, 9.17) is 16.0 Å². The number of hydrogen-bond donors (Lipinski definition) is 1. The normalized spacial score (nSPS) is 16.0. The summed E-state index contributed by atoms with van der Waals surface area (Å²) in [5.41, 5.74) is 1.01. The van der Waals surface area contributed by atoms with Gasteiger partial charge in [-0.05, 0) is 29.8 Å². The van der Waals surface area contributed by atoms with E-state index in [1.807, 2.05) is 31.2 Å². The fourth-order valence-electron chi connectivity index (χ4n) is 4.03. The number of carbonyl (C=O) groups excluding carboxylic acids is 1. The van der Waals surface area contributed by atoms with Gasteiger partial charge in [-0.25, -0.2) is 4.98 Å². The summed E-state index contributed by atoms with van der Waals surface area (Å²) in [6.07, 6.45) is 2.21. The molecule has 0 unspecified atom stereocenters. The topological polar surface area (TPSA) is 87.1 Å². The lowest BCUT2D eigenvalue weighted by atomic mass is 10.0. The van der Waals surface area contributed by atoms with Gasteiger partial charge in [-0.2, -0.15) is 4.52 Å². The molecule has 1 amide bonds. The van der Waals surface area contributed by atoms with E-state index in [-0.39, 0.29) is 17.8 Å². The summed E-state index contributed by atoms with van der Waals surface area (Å²) in [6.45, 7) is 4.40. The van der Waals surface area contributed by atoms with Crippen LogP contribution in [0.2, 0.25) is 5.02 Å². The number of amides is 1. The Kier molecular flexibility index (Phi) is 5.62. The number of hydrogen-bond acceptors (Lipinski definition) is 7. The number of nitrogens with zero attached hydrogens (tertiary/aromatic N) is 5. The molecule has 1 saturated heterocycles. The van der Waals surface area contributed by atoms with Gasteiger partial charge in [0.05, 0.1) is 17.2 Å². The monoisotopic (exact) mass is 471 g/mol. The van der Waals surface area contributed by atoms with Crippen LogP contribution in [0.25, 0.3) is 4.96 Å². The molecule has 0 spiro atoms. The van der Waals surface area contributed by atoms with Gasteiger partial charge in [0.15, 0.2) is 11.6 Å². The Bertz CT molecular complexity index is 1230. The van der Waals surface area contributed by atoms with E-state index < -0.39 is 0 Å². The molecule has 1 aliphatic heterocycles. The Labute approximate surface area is 193 Å². The number of fused-ring (bicyclic) bond motifs is 1. The maximum atomic E-state index is 12.7. The van der Waals surface area contributed by atoms with Crippen LogP contribution in [-0.2, 0) is 6.42 Å². The predicted molar refractivity (Wildman–Crippen MR) is 121 cm³/mol. The van der Waals surface area contributed by atoms with Crippen LogP contribution >= 0.6 is 22.9 Å². The summed E-state index contributed by atoms with van der Waals surface area (Å²) >= 11 is 7.56. The summed E-state index contributed by atoms with van der Waals surface area (Å²) in [6, 6.07) is 10.8. The summed E-state index contributed by atoms with van der Waals surface area (Å²) in [4.78, 5) is 22.7. The highest BCUT2D eigenvalue weighted by Crippen LogP contribution is 2.40. The molecule has 4 heterocycles. The van der Waals surface area contributed by atoms with Gasteiger partial charge in [-0.15, -0.1) is 5.10 Å². The number of aryl methyl sites for hydroxylation is 1. The van der Waals surface area contributed by atoms with Crippen LogP contribution in [0, 0.1) is 0 Å². The highest BCUT2D eigenvalue weighted by Gasteiger charge is 2.33. The second kappa shape index (κ2) is 8.57. The van der Waals surface area contributed by atoms with Gasteiger partial charge >= 0.3 is 0 Å². The lowest BCUT2D eigenvalue weighted by Crippen LogP contribution is -2.49. The molecule has 10 heteroatoms. The average molecular weight is 472 g/mol. The smallest absolute Gasteiger partial charge is 0.289 e. The lowest BCUT2D eigenvalue weighted by molar-refractivity contribution is 0.0568. The average Bonchev–Trinajstić information content (AvgIpc) is 3.54. The van der Waals surface area contributed by atoms with Gasteiger partial charge in [0.1, 0.15) is 0 Å². The highest BCUT2D eigenvalue weighted by molar-refractivity contribution is 7.17. The molecular weight excluding hydrogens is 450 g/mol. The molecule has 1 aliphatic rings. The molecule has 1 fully saturated rings. The second-order valence-electron chi connectivity index (χ2n) is 7.63. The summed E-state index contributed by atoms with van der Waals surface area (Å²) in [7, 11) is 0. The van der Waals surface area contributed by atoms with Crippen molar-refractivity contribution < 1.29 is 14.3 Å². The largest absolute Gasteiger partial charge is 0.492 e. The maximum absolute atomic E-state index is 12.7. The Morgan fingerprint density at radius 3 is 2.59 bits per heavy atom. The molecule has 1 atom stereocenters. The second-order valence-corrected chi connectivity index (χ2v) is 9.07. The van der Waals surface area contributed by atoms with Crippen molar-refractivity contribution in [3.05, 3.63) is 69.7 Å². The number of carbonyl (C=O) groups is 1. The predicted octanol–water partition coefficient (Wildman–Crippen LogP) is 3.85. The SMILES string of the molecule is CCc1nc2sc([C@@H](c3ccc(Cl)cc3)N3CCN(C(=O)c4ccco4)CC3)c(O)n2n1. The number of benzene rings is 1. The number of aromatic nitrogens is 3. The quantitative estimate of drug-likeness (QED) is 0.475. The van der Waals surface area contributed by atoms with E-state index in [2.05, 4.69) is 15.0 Å². The zero-order chi connectivity index (χ0) is 22.2. The van der Waals surface area contributed by atoms with Crippen LogP contribution in [0.5, 0.6) is 5.88 Å². The fourth-order valence-corrected chi connectivity index (χ4v) is 5.29. The third-order valence-corrected chi connectivity index (χ3v) is 7.02. The van der Waals surface area contributed by atoms with Crippen molar-refractivity contribution in [1.29, 1.82) is 0 Å². The molecule has 0 radical (unpaired) electrons. The lowest BCUT2D eigenvalue weighted by Gasteiger charge is -2.38. The van der Waals surface area contributed by atoms with Crippen molar-refractivity contribution >= 4 is 33.8 Å². The molecule has 8 nitrogen and oxygen atoms in total. The van der Waals surface area contributed by atoms with E-state index in [0.29, 0.717) is 54.2 Å². The van der Waals surface area contributed by atoms with E-state index in [9.17, 15) is 9.90 Å². The minimum absolute atomic E-state index is 0.103. The summed E-state index contributed by atoms with van der Waals surface area (Å²) in [5, 5.41) is 16.1. The maximum Gasteiger partial charge on any atom is 0.289 e. The zero-order valence-corrected chi connectivity index (χ0v) is 19.0. The number of piperazine rings is 1. The van der Waals surface area contributed by atoms with Gasteiger partial charge < -0.3 is 14.4 Å². The fraction of sp³-hybridized carbons (Fsp3) is 0.318. The molecule has 1 aromatic carbocycles. The van der Waals surface area contributed by atoms with Gasteiger partial charge in [0.25, 0.3) is 5.91 Å². The van der Waals surface area contributed by atoms with Crippen molar-refractivity contribution in [3.63, 3.8) is 0 Å². The van der Waals surface area contributed by atoms with Gasteiger partial charge in [-0.1, -0.05) is 42.0 Å². The van der Waals surface area contributed by atoms with Crippen LogP contribution < -0.4 is 0 Å². The van der Waals surface area contributed by atoms with E-state index in [0.717, 1.165) is 10.4 Å². The molecular formula is C22H22ClN5O3S. The standard InChI is InChI=1S/C22H22ClN5O3S/c1-2-17-24-22-28(25-17)21(30)19(32-22)18(14-5-7-15(23)8-6-14)26-9-11-27(12-10-26)20(29)16-4-3-13-31-16/h3-8,13,18,30H,2,9-12H2,1H3/t18-/m1/s1. The van der Waals surface area contributed by atoms with Gasteiger partial charge in [0, 0.05) is 37.6 Å². The number of aromatic hydroxyl groups is 1. The van der Waals surface area contributed by atoms with Crippen LogP contribution in [0.15, 0.2) is 47.1 Å². The number of rotatable bonds is 5. The first-order chi connectivity index (χ1) is 15.5.